The van der Waals surface area contributed by atoms with Crippen molar-refractivity contribution < 1.29 is 14.6 Å². The van der Waals surface area contributed by atoms with E-state index in [4.69, 9.17) is 9.47 Å². The lowest BCUT2D eigenvalue weighted by Crippen LogP contribution is -2.40. The van der Waals surface area contributed by atoms with Crippen LogP contribution in [0.15, 0.2) is 54.6 Å². The molecule has 1 aliphatic rings. The molecule has 0 aliphatic carbocycles. The third-order valence-corrected chi connectivity index (χ3v) is 5.53. The lowest BCUT2D eigenvalue weighted by atomic mass is 10.2. The van der Waals surface area contributed by atoms with Gasteiger partial charge in [-0.05, 0) is 18.2 Å². The van der Waals surface area contributed by atoms with Crippen LogP contribution in [0.4, 0.5) is 0 Å². The maximum Gasteiger partial charge on any atom is 0.123 e. The third-order valence-electron chi connectivity index (χ3n) is 4.58. The molecule has 1 fully saturated rings. The smallest absolute Gasteiger partial charge is 0.123 e. The van der Waals surface area contributed by atoms with Crippen molar-refractivity contribution in [3.05, 3.63) is 60.2 Å². The van der Waals surface area contributed by atoms with Crippen LogP contribution in [0.5, 0.6) is 11.5 Å². The molecule has 0 saturated carbocycles. The van der Waals surface area contributed by atoms with Gasteiger partial charge < -0.3 is 19.9 Å². The van der Waals surface area contributed by atoms with E-state index in [-0.39, 0.29) is 0 Å². The van der Waals surface area contributed by atoms with Crippen molar-refractivity contribution in [1.82, 2.24) is 10.2 Å². The van der Waals surface area contributed by atoms with Crippen molar-refractivity contribution in [1.29, 1.82) is 0 Å². The van der Waals surface area contributed by atoms with Crippen LogP contribution in [-0.4, -0.2) is 67.0 Å². The molecule has 1 saturated heterocycles. The second-order valence-electron chi connectivity index (χ2n) is 6.82. The monoisotopic (exact) mass is 402 g/mol. The Hall–Kier alpha value is -1.73. The van der Waals surface area contributed by atoms with Gasteiger partial charge >= 0.3 is 0 Å². The highest BCUT2D eigenvalue weighted by Crippen LogP contribution is 2.18. The van der Waals surface area contributed by atoms with Crippen LogP contribution in [0.25, 0.3) is 0 Å². The first-order chi connectivity index (χ1) is 13.8. The van der Waals surface area contributed by atoms with Gasteiger partial charge in [0, 0.05) is 49.8 Å². The number of rotatable bonds is 11. The summed E-state index contributed by atoms with van der Waals surface area (Å²) in [5.41, 5.74) is 1.09. The van der Waals surface area contributed by atoms with Crippen LogP contribution in [0.1, 0.15) is 5.56 Å². The second kappa shape index (κ2) is 12.0. The Labute approximate surface area is 172 Å². The van der Waals surface area contributed by atoms with E-state index in [0.29, 0.717) is 26.3 Å². The molecule has 0 spiro atoms. The number of nitrogens with zero attached hydrogens (tertiary/aromatic N) is 1. The van der Waals surface area contributed by atoms with E-state index in [0.717, 1.165) is 48.2 Å². The average molecular weight is 403 g/mol. The van der Waals surface area contributed by atoms with Gasteiger partial charge in [-0.1, -0.05) is 36.4 Å². The Morgan fingerprint density at radius 1 is 1.00 bits per heavy atom. The quantitative estimate of drug-likeness (QED) is 0.564. The van der Waals surface area contributed by atoms with E-state index in [9.17, 15) is 5.11 Å². The maximum absolute atomic E-state index is 10.3. The van der Waals surface area contributed by atoms with Crippen LogP contribution in [0.3, 0.4) is 0 Å². The van der Waals surface area contributed by atoms with Gasteiger partial charge in [-0.15, -0.1) is 0 Å². The summed E-state index contributed by atoms with van der Waals surface area (Å²) in [6.07, 6.45) is -0.469. The molecule has 0 aromatic heterocycles. The van der Waals surface area contributed by atoms with Gasteiger partial charge in [0.1, 0.15) is 30.8 Å². The van der Waals surface area contributed by atoms with Crippen LogP contribution in [-0.2, 0) is 6.54 Å². The number of ether oxygens (including phenoxy) is 2. The predicted molar refractivity (Wildman–Crippen MR) is 115 cm³/mol. The lowest BCUT2D eigenvalue weighted by Gasteiger charge is -2.28. The summed E-state index contributed by atoms with van der Waals surface area (Å²) in [6, 6.07) is 17.8. The molecule has 152 valence electrons. The van der Waals surface area contributed by atoms with Crippen LogP contribution in [0.2, 0.25) is 0 Å². The first kappa shape index (κ1) is 21.0. The molecule has 0 amide bonds. The standard InChI is InChI=1S/C22H30N2O3S/c25-20(17-24-11-14-28-15-12-24)18-27-22-9-5-4-6-19(22)16-23-10-13-26-21-7-2-1-3-8-21/h1-9,20,23,25H,10-18H2/t20-/m0/s1. The largest absolute Gasteiger partial charge is 0.492 e. The number of hydrogen-bond donors (Lipinski definition) is 2. The van der Waals surface area contributed by atoms with E-state index in [1.807, 2.05) is 60.3 Å². The number of thioether (sulfide) groups is 1. The summed E-state index contributed by atoms with van der Waals surface area (Å²) in [5.74, 6) is 4.01. The van der Waals surface area contributed by atoms with Gasteiger partial charge in [-0.25, -0.2) is 0 Å². The Morgan fingerprint density at radius 3 is 2.57 bits per heavy atom. The topological polar surface area (TPSA) is 54.0 Å². The zero-order chi connectivity index (χ0) is 19.4. The Morgan fingerprint density at radius 2 is 1.75 bits per heavy atom. The fraction of sp³-hybridized carbons (Fsp3) is 0.455. The minimum Gasteiger partial charge on any atom is -0.492 e. The van der Waals surface area contributed by atoms with E-state index in [2.05, 4.69) is 16.3 Å². The summed E-state index contributed by atoms with van der Waals surface area (Å²) >= 11 is 1.98. The SMILES string of the molecule is O[C@H](COc1ccccc1CNCCOc1ccccc1)CN1CCSCC1. The zero-order valence-electron chi connectivity index (χ0n) is 16.3. The van der Waals surface area contributed by atoms with E-state index < -0.39 is 6.10 Å². The van der Waals surface area contributed by atoms with Gasteiger partial charge in [0.05, 0.1) is 0 Å². The van der Waals surface area contributed by atoms with E-state index in [1.54, 1.807) is 0 Å². The molecule has 1 heterocycles. The van der Waals surface area contributed by atoms with Crippen molar-refractivity contribution in [2.75, 3.05) is 50.9 Å². The Bertz CT molecular complexity index is 680. The molecule has 0 bridgehead atoms. The molecule has 0 radical (unpaired) electrons. The maximum atomic E-state index is 10.3. The highest BCUT2D eigenvalue weighted by atomic mass is 32.2. The van der Waals surface area contributed by atoms with Crippen LogP contribution in [0, 0.1) is 0 Å². The van der Waals surface area contributed by atoms with Crippen LogP contribution < -0.4 is 14.8 Å². The third kappa shape index (κ3) is 7.36. The van der Waals surface area contributed by atoms with Crippen LogP contribution >= 0.6 is 11.8 Å². The second-order valence-corrected chi connectivity index (χ2v) is 8.05. The first-order valence-corrected chi connectivity index (χ1v) is 11.0. The van der Waals surface area contributed by atoms with Crippen molar-refractivity contribution in [3.63, 3.8) is 0 Å². The predicted octanol–water partition coefficient (Wildman–Crippen LogP) is 2.64. The molecule has 2 aromatic rings. The fourth-order valence-corrected chi connectivity index (χ4v) is 4.07. The molecule has 6 heteroatoms. The molecule has 5 nitrogen and oxygen atoms in total. The molecule has 3 rings (SSSR count). The number of nitrogens with one attached hydrogen (secondary N) is 1. The number of aliphatic hydroxyl groups excluding tert-OH is 1. The minimum absolute atomic E-state index is 0.317. The summed E-state index contributed by atoms with van der Waals surface area (Å²) in [6.45, 7) is 5.16. The zero-order valence-corrected chi connectivity index (χ0v) is 17.1. The normalized spacial score (nSPS) is 15.9. The highest BCUT2D eigenvalue weighted by molar-refractivity contribution is 7.99. The molecule has 2 aromatic carbocycles. The van der Waals surface area contributed by atoms with Gasteiger partial charge in [0.2, 0.25) is 0 Å². The Balaban J connectivity index is 1.37. The fourth-order valence-electron chi connectivity index (χ4n) is 3.09. The molecular formula is C22H30N2O3S. The van der Waals surface area contributed by atoms with Crippen molar-refractivity contribution >= 4 is 11.8 Å². The molecule has 28 heavy (non-hydrogen) atoms. The number of β-amino-alcohol motifs (C(OH)–C–C–N with tert-alkyl or cyclic N) is 1. The molecular weight excluding hydrogens is 372 g/mol. The summed E-state index contributed by atoms with van der Waals surface area (Å²) < 4.78 is 11.6. The lowest BCUT2D eigenvalue weighted by molar-refractivity contribution is 0.0711. The first-order valence-electron chi connectivity index (χ1n) is 9.89. The molecule has 0 unspecified atom stereocenters. The Kier molecular flexibility index (Phi) is 8.97. The number of aliphatic hydroxyl groups is 1. The number of benzene rings is 2. The van der Waals surface area contributed by atoms with E-state index in [1.165, 1.54) is 0 Å². The summed E-state index contributed by atoms with van der Waals surface area (Å²) in [5, 5.41) is 13.7. The van der Waals surface area contributed by atoms with E-state index >= 15 is 0 Å². The number of para-hydroxylation sites is 2. The van der Waals surface area contributed by atoms with Crippen molar-refractivity contribution in [2.24, 2.45) is 0 Å². The van der Waals surface area contributed by atoms with Gasteiger partial charge in [-0.3, -0.25) is 4.90 Å². The van der Waals surface area contributed by atoms with Gasteiger partial charge in [0.25, 0.3) is 0 Å². The minimum atomic E-state index is -0.469. The number of hydrogen-bond acceptors (Lipinski definition) is 6. The average Bonchev–Trinajstić information content (AvgIpc) is 2.74. The molecule has 2 N–H and O–H groups in total. The molecule has 1 aliphatic heterocycles. The van der Waals surface area contributed by atoms with Gasteiger partial charge in [0.15, 0.2) is 0 Å². The summed E-state index contributed by atoms with van der Waals surface area (Å²) in [4.78, 5) is 2.31. The summed E-state index contributed by atoms with van der Waals surface area (Å²) in [7, 11) is 0. The van der Waals surface area contributed by atoms with Gasteiger partial charge in [-0.2, -0.15) is 11.8 Å². The van der Waals surface area contributed by atoms with Crippen molar-refractivity contribution in [2.45, 2.75) is 12.6 Å². The highest BCUT2D eigenvalue weighted by Gasteiger charge is 2.15. The van der Waals surface area contributed by atoms with Crippen molar-refractivity contribution in [3.8, 4) is 11.5 Å². The molecule has 1 atom stereocenters.